The Labute approximate surface area is 225 Å². The Hall–Kier alpha value is -3.75. The highest BCUT2D eigenvalue weighted by atomic mass is 32.3. The molecule has 5 nitrogen and oxygen atoms in total. The fourth-order valence-electron chi connectivity index (χ4n) is 3.72. The average Bonchev–Trinajstić information content (AvgIpc) is 2.94. The molecule has 0 aliphatic heterocycles. The van der Waals surface area contributed by atoms with Crippen LogP contribution in [-0.2, 0) is 13.7 Å². The molecule has 0 amide bonds. The van der Waals surface area contributed by atoms with Crippen LogP contribution in [0.25, 0.3) is 0 Å². The van der Waals surface area contributed by atoms with Gasteiger partial charge < -0.3 is 9.47 Å². The van der Waals surface area contributed by atoms with Gasteiger partial charge in [0, 0.05) is 15.9 Å². The number of methoxy groups -OCH3 is 2. The van der Waals surface area contributed by atoms with Crippen LogP contribution < -0.4 is 9.47 Å². The first-order valence-electron chi connectivity index (χ1n) is 10.9. The second kappa shape index (κ2) is 11.0. The molecule has 40 heavy (non-hydrogen) atoms. The van der Waals surface area contributed by atoms with Crippen molar-refractivity contribution in [3.8, 4) is 11.5 Å². The predicted molar refractivity (Wildman–Crippen MR) is 129 cm³/mol. The van der Waals surface area contributed by atoms with Gasteiger partial charge in [0.05, 0.1) is 19.1 Å². The average molecular weight is 607 g/mol. The maximum absolute atomic E-state index is 15.5. The SMILES string of the molecule is COc1ccc(S(OS(=O)(=O)c2c(F)c(F)c(F)c(F)c2F)(c2ccc(OC)cc2)c2ccc(F)cc2F)cc1. The standard InChI is InChI=1S/C26H17F7O5S2/c1-36-15-4-8-17(9-5-15)39(18-10-6-16(37-2)7-11-18,20-12-3-14(27)13-19(20)28)38-40(34,35)26-24(32)22(30)21(29)23(31)25(26)33/h3-13H,1-2H3. The molecule has 0 atom stereocenters. The molecule has 212 valence electrons. The van der Waals surface area contributed by atoms with Crippen LogP contribution in [0.2, 0.25) is 0 Å². The molecular weight excluding hydrogens is 589 g/mol. The topological polar surface area (TPSA) is 61.8 Å². The first-order chi connectivity index (χ1) is 18.9. The molecule has 4 aromatic carbocycles. The smallest absolute Gasteiger partial charge is 0.313 e. The molecule has 0 unspecified atom stereocenters. The van der Waals surface area contributed by atoms with Crippen molar-refractivity contribution in [2.75, 3.05) is 14.2 Å². The molecule has 14 heteroatoms. The molecule has 0 saturated heterocycles. The second-order valence-corrected chi connectivity index (χ2v) is 12.3. The lowest BCUT2D eigenvalue weighted by Gasteiger charge is -2.39. The van der Waals surface area contributed by atoms with E-state index >= 15 is 4.39 Å². The van der Waals surface area contributed by atoms with Crippen LogP contribution >= 0.6 is 10.3 Å². The number of hydrogen-bond acceptors (Lipinski definition) is 5. The van der Waals surface area contributed by atoms with Gasteiger partial charge in [0.2, 0.25) is 5.82 Å². The van der Waals surface area contributed by atoms with Gasteiger partial charge in [-0.05, 0) is 71.0 Å². The van der Waals surface area contributed by atoms with Crippen LogP contribution in [0.15, 0.2) is 86.3 Å². The van der Waals surface area contributed by atoms with E-state index in [1.165, 1.54) is 62.8 Å². The van der Waals surface area contributed by atoms with Gasteiger partial charge in [-0.25, -0.2) is 34.4 Å². The summed E-state index contributed by atoms with van der Waals surface area (Å²) >= 11 is 0. The third-order valence-corrected chi connectivity index (χ3v) is 10.8. The van der Waals surface area contributed by atoms with Gasteiger partial charge in [-0.3, -0.25) is 0 Å². The summed E-state index contributed by atoms with van der Waals surface area (Å²) in [4.78, 5) is -3.14. The van der Waals surface area contributed by atoms with Crippen LogP contribution in [0, 0.1) is 40.7 Å². The normalized spacial score (nSPS) is 12.3. The van der Waals surface area contributed by atoms with E-state index in [-0.39, 0.29) is 21.3 Å². The van der Waals surface area contributed by atoms with Crippen LogP contribution in [0.3, 0.4) is 0 Å². The van der Waals surface area contributed by atoms with E-state index in [0.29, 0.717) is 6.07 Å². The largest absolute Gasteiger partial charge is 0.497 e. The fraction of sp³-hybridized carbons (Fsp3) is 0.0769. The highest BCUT2D eigenvalue weighted by Crippen LogP contribution is 2.71. The minimum Gasteiger partial charge on any atom is -0.497 e. The van der Waals surface area contributed by atoms with E-state index in [1.54, 1.807) is 0 Å². The highest BCUT2D eigenvalue weighted by molar-refractivity contribution is 8.33. The molecule has 4 aromatic rings. The van der Waals surface area contributed by atoms with Crippen molar-refractivity contribution >= 4 is 20.4 Å². The van der Waals surface area contributed by atoms with Crippen molar-refractivity contribution in [3.63, 3.8) is 0 Å². The molecule has 0 radical (unpaired) electrons. The lowest BCUT2D eigenvalue weighted by atomic mass is 10.3. The lowest BCUT2D eigenvalue weighted by Crippen LogP contribution is -2.19. The summed E-state index contributed by atoms with van der Waals surface area (Å²) in [7, 11) is -7.30. The Balaban J connectivity index is 2.12. The van der Waals surface area contributed by atoms with Gasteiger partial charge in [-0.15, -0.1) is 0 Å². The zero-order chi connectivity index (χ0) is 29.4. The molecule has 0 N–H and O–H groups in total. The zero-order valence-corrected chi connectivity index (χ0v) is 22.0. The number of halogens is 7. The van der Waals surface area contributed by atoms with Gasteiger partial charge in [-0.2, -0.15) is 8.42 Å². The molecule has 0 aromatic heterocycles. The minimum atomic E-state index is -5.93. The van der Waals surface area contributed by atoms with Crippen LogP contribution in [0.1, 0.15) is 0 Å². The summed E-state index contributed by atoms with van der Waals surface area (Å²) in [6, 6.07) is 12.3. The van der Waals surface area contributed by atoms with Gasteiger partial charge in [0.25, 0.3) is 0 Å². The van der Waals surface area contributed by atoms with E-state index in [2.05, 4.69) is 0 Å². The summed E-state index contributed by atoms with van der Waals surface area (Å²) < 4.78 is 143. The quantitative estimate of drug-likeness (QED) is 0.120. The van der Waals surface area contributed by atoms with Crippen molar-refractivity contribution in [3.05, 3.63) is 107 Å². The van der Waals surface area contributed by atoms with Crippen LogP contribution in [-0.4, -0.2) is 22.6 Å². The number of benzene rings is 4. The number of hydrogen-bond donors (Lipinski definition) is 0. The van der Waals surface area contributed by atoms with E-state index in [0.717, 1.165) is 12.1 Å². The van der Waals surface area contributed by atoms with Crippen molar-refractivity contribution < 1.29 is 52.3 Å². The Morgan fingerprint density at radius 3 is 1.40 bits per heavy atom. The van der Waals surface area contributed by atoms with E-state index in [9.17, 15) is 34.8 Å². The fourth-order valence-corrected chi connectivity index (χ4v) is 9.02. The van der Waals surface area contributed by atoms with Crippen molar-refractivity contribution in [1.29, 1.82) is 0 Å². The molecule has 0 heterocycles. The van der Waals surface area contributed by atoms with Crippen molar-refractivity contribution in [2.24, 2.45) is 0 Å². The Kier molecular flexibility index (Phi) is 8.06. The third-order valence-electron chi connectivity index (χ3n) is 5.60. The minimum absolute atomic E-state index is 0.128. The van der Waals surface area contributed by atoms with E-state index in [1.807, 2.05) is 0 Å². The predicted octanol–water partition coefficient (Wildman–Crippen LogP) is 7.28. The number of ether oxygens (including phenoxy) is 2. The summed E-state index contributed by atoms with van der Waals surface area (Å²) in [5, 5.41) is 0. The number of rotatable bonds is 8. The van der Waals surface area contributed by atoms with Crippen LogP contribution in [0.4, 0.5) is 30.7 Å². The maximum atomic E-state index is 15.5. The third kappa shape index (κ3) is 4.97. The molecule has 0 fully saturated rings. The highest BCUT2D eigenvalue weighted by Gasteiger charge is 2.44. The second-order valence-electron chi connectivity index (χ2n) is 7.90. The van der Waals surface area contributed by atoms with E-state index in [4.69, 9.17) is 13.1 Å². The first kappa shape index (κ1) is 29.2. The van der Waals surface area contributed by atoms with Gasteiger partial charge >= 0.3 is 10.1 Å². The van der Waals surface area contributed by atoms with Gasteiger partial charge in [0.1, 0.15) is 23.1 Å². The molecule has 0 aliphatic carbocycles. The lowest BCUT2D eigenvalue weighted by molar-refractivity contribution is 0.353. The Morgan fingerprint density at radius 1 is 0.575 bits per heavy atom. The summed E-state index contributed by atoms with van der Waals surface area (Å²) in [5.41, 5.74) is 0. The molecule has 0 bridgehead atoms. The van der Waals surface area contributed by atoms with Crippen molar-refractivity contribution in [1.82, 2.24) is 0 Å². The molecule has 0 spiro atoms. The molecular formula is C26H17F7O5S2. The summed E-state index contributed by atoms with van der Waals surface area (Å²) in [6.07, 6.45) is 0. The zero-order valence-electron chi connectivity index (χ0n) is 20.4. The maximum Gasteiger partial charge on any atom is 0.313 e. The summed E-state index contributed by atoms with van der Waals surface area (Å²) in [6.45, 7) is 0. The first-order valence-corrected chi connectivity index (χ1v) is 13.9. The monoisotopic (exact) mass is 606 g/mol. The van der Waals surface area contributed by atoms with Crippen molar-refractivity contribution in [2.45, 2.75) is 19.6 Å². The molecule has 0 saturated carbocycles. The van der Waals surface area contributed by atoms with Gasteiger partial charge in [0.15, 0.2) is 28.2 Å². The summed E-state index contributed by atoms with van der Waals surface area (Å²) in [5.74, 6) is -14.9. The Morgan fingerprint density at radius 2 is 1.00 bits per heavy atom. The Bertz CT molecular complexity index is 1600. The van der Waals surface area contributed by atoms with E-state index < -0.39 is 70.9 Å². The van der Waals surface area contributed by atoms with Crippen LogP contribution in [0.5, 0.6) is 11.5 Å². The molecule has 4 rings (SSSR count). The molecule has 0 aliphatic rings. The van der Waals surface area contributed by atoms with Gasteiger partial charge in [-0.1, -0.05) is 0 Å².